The molecule has 0 aromatic heterocycles. The van der Waals surface area contributed by atoms with Crippen molar-refractivity contribution in [3.63, 3.8) is 0 Å². The molecule has 0 aromatic carbocycles. The molecule has 1 saturated heterocycles. The molecule has 7 N–H and O–H groups in total. The molecular weight excluding hydrogens is 338 g/mol. The monoisotopic (exact) mass is 362 g/mol. The summed E-state index contributed by atoms with van der Waals surface area (Å²) in [6.45, 7) is 1.04. The Bertz CT molecular complexity index is 441. The number of thiol groups is 1. The minimum absolute atomic E-state index is 0.143. The Balaban J connectivity index is 3.10. The van der Waals surface area contributed by atoms with Gasteiger partial charge in [-0.15, -0.1) is 0 Å². The first-order chi connectivity index (χ1) is 9.51. The summed E-state index contributed by atoms with van der Waals surface area (Å²) in [7, 11) is -9.54. The van der Waals surface area contributed by atoms with E-state index in [1.165, 1.54) is 0 Å². The highest BCUT2D eigenvalue weighted by molar-refractivity contribution is 7.80. The second-order valence-electron chi connectivity index (χ2n) is 5.58. The van der Waals surface area contributed by atoms with Crippen molar-refractivity contribution in [2.45, 2.75) is 24.5 Å². The highest BCUT2D eigenvalue weighted by Gasteiger charge is 2.55. The maximum Gasteiger partial charge on any atom is 0.346 e. The van der Waals surface area contributed by atoms with Gasteiger partial charge < -0.3 is 30.6 Å². The Morgan fingerprint density at radius 2 is 1.90 bits per heavy atom. The Morgan fingerprint density at radius 3 is 2.38 bits per heavy atom. The fourth-order valence-electron chi connectivity index (χ4n) is 2.99. The van der Waals surface area contributed by atoms with Gasteiger partial charge in [0.1, 0.15) is 5.28 Å². The van der Waals surface area contributed by atoms with Gasteiger partial charge >= 0.3 is 15.2 Å². The quantitative estimate of drug-likeness (QED) is 0.245. The number of nitrogens with one attached hydrogen (secondary N) is 1. The zero-order valence-electron chi connectivity index (χ0n) is 11.6. The lowest BCUT2D eigenvalue weighted by atomic mass is 9.79. The Labute approximate surface area is 129 Å². The standard InChI is InChI=1S/C10H24N2O6P2S/c11-10(20(16,17)18,7-19(13,14)15)9-3-4-12-6-8(9)2-1-5-21/h8-9,12,21H,1-7,11H2,(H2,13,14,15)(H2,16,17,18). The molecular formula is C10H24N2O6P2S. The highest BCUT2D eigenvalue weighted by atomic mass is 32.1. The predicted octanol–water partition coefficient (Wildman–Crippen LogP) is -0.0675. The largest absolute Gasteiger partial charge is 0.346 e. The number of hydrogen-bond donors (Lipinski definition) is 7. The number of piperidine rings is 1. The van der Waals surface area contributed by atoms with Gasteiger partial charge in [0.05, 0.1) is 6.16 Å². The summed E-state index contributed by atoms with van der Waals surface area (Å²) < 4.78 is 23.1. The summed E-state index contributed by atoms with van der Waals surface area (Å²) in [5, 5.41) is 0.934. The van der Waals surface area contributed by atoms with Crippen LogP contribution >= 0.6 is 27.8 Å². The van der Waals surface area contributed by atoms with Gasteiger partial charge in [0.15, 0.2) is 0 Å². The van der Waals surface area contributed by atoms with Crippen molar-refractivity contribution in [3.8, 4) is 0 Å². The number of nitrogens with two attached hydrogens (primary N) is 1. The van der Waals surface area contributed by atoms with Gasteiger partial charge in [0, 0.05) is 0 Å². The first kappa shape index (κ1) is 19.6. The molecule has 0 saturated carbocycles. The van der Waals surface area contributed by atoms with Gasteiger partial charge in [-0.3, -0.25) is 9.13 Å². The van der Waals surface area contributed by atoms with E-state index in [0.29, 0.717) is 31.7 Å². The summed E-state index contributed by atoms with van der Waals surface area (Å²) in [5.74, 6) is -0.156. The van der Waals surface area contributed by atoms with Crippen LogP contribution in [0, 0.1) is 11.8 Å². The molecule has 1 rings (SSSR count). The van der Waals surface area contributed by atoms with E-state index < -0.39 is 32.6 Å². The zero-order chi connectivity index (χ0) is 16.3. The van der Waals surface area contributed by atoms with E-state index in [9.17, 15) is 18.9 Å². The number of rotatable bonds is 7. The van der Waals surface area contributed by atoms with Gasteiger partial charge in [-0.05, 0) is 49.9 Å². The molecule has 3 atom stereocenters. The molecule has 0 spiro atoms. The third kappa shape index (κ3) is 5.30. The van der Waals surface area contributed by atoms with Crippen molar-refractivity contribution >= 4 is 27.8 Å². The lowest BCUT2D eigenvalue weighted by Crippen LogP contribution is -2.56. The van der Waals surface area contributed by atoms with Crippen molar-refractivity contribution in [2.75, 3.05) is 25.0 Å². The summed E-state index contributed by atoms with van der Waals surface area (Å²) in [4.78, 5) is 37.5. The molecule has 0 bridgehead atoms. The molecule has 3 unspecified atom stereocenters. The summed E-state index contributed by atoms with van der Waals surface area (Å²) in [5.41, 5.74) is 5.90. The van der Waals surface area contributed by atoms with Gasteiger partial charge in [-0.25, -0.2) is 0 Å². The van der Waals surface area contributed by atoms with E-state index >= 15 is 0 Å². The third-order valence-corrected chi connectivity index (χ3v) is 7.06. The molecule has 0 radical (unpaired) electrons. The molecule has 0 amide bonds. The number of hydrogen-bond acceptors (Lipinski definition) is 5. The van der Waals surface area contributed by atoms with Crippen molar-refractivity contribution in [2.24, 2.45) is 17.6 Å². The molecule has 1 heterocycles. The molecule has 0 aliphatic carbocycles. The second-order valence-corrected chi connectivity index (χ2v) is 9.60. The van der Waals surface area contributed by atoms with Crippen molar-refractivity contribution in [3.05, 3.63) is 0 Å². The molecule has 126 valence electrons. The summed E-state index contributed by atoms with van der Waals surface area (Å²) in [6.07, 6.45) is 0.769. The topological polar surface area (TPSA) is 153 Å². The van der Waals surface area contributed by atoms with Crippen LogP contribution in [0.2, 0.25) is 0 Å². The minimum atomic E-state index is -4.88. The maximum atomic E-state index is 11.8. The molecule has 1 aliphatic heterocycles. The average molecular weight is 362 g/mol. The van der Waals surface area contributed by atoms with Crippen LogP contribution in [-0.4, -0.2) is 49.9 Å². The Kier molecular flexibility index (Phi) is 6.94. The van der Waals surface area contributed by atoms with E-state index in [1.54, 1.807) is 0 Å². The maximum absolute atomic E-state index is 11.8. The first-order valence-corrected chi connectivity index (χ1v) is 10.8. The van der Waals surface area contributed by atoms with Crippen LogP contribution in [0.4, 0.5) is 0 Å². The normalized spacial score (nSPS) is 27.3. The van der Waals surface area contributed by atoms with Crippen LogP contribution in [0.25, 0.3) is 0 Å². The lowest BCUT2D eigenvalue weighted by molar-refractivity contribution is 0.165. The fourth-order valence-corrected chi connectivity index (χ4v) is 6.13. The van der Waals surface area contributed by atoms with Crippen LogP contribution in [0.15, 0.2) is 0 Å². The zero-order valence-corrected chi connectivity index (χ0v) is 14.3. The van der Waals surface area contributed by atoms with Crippen LogP contribution in [-0.2, 0) is 9.13 Å². The van der Waals surface area contributed by atoms with Gasteiger partial charge in [-0.1, -0.05) is 0 Å². The van der Waals surface area contributed by atoms with Gasteiger partial charge in [0.2, 0.25) is 0 Å². The van der Waals surface area contributed by atoms with E-state index in [2.05, 4.69) is 17.9 Å². The minimum Gasteiger partial charge on any atom is -0.324 e. The van der Waals surface area contributed by atoms with Crippen LogP contribution < -0.4 is 11.1 Å². The molecule has 11 heteroatoms. The van der Waals surface area contributed by atoms with Crippen molar-refractivity contribution < 1.29 is 28.7 Å². The van der Waals surface area contributed by atoms with Crippen LogP contribution in [0.1, 0.15) is 19.3 Å². The van der Waals surface area contributed by atoms with Crippen LogP contribution in [0.5, 0.6) is 0 Å². The molecule has 0 aromatic rings. The van der Waals surface area contributed by atoms with Gasteiger partial charge in [-0.2, -0.15) is 12.6 Å². The summed E-state index contributed by atoms with van der Waals surface area (Å²) >= 11 is 4.12. The average Bonchev–Trinajstić information content (AvgIpc) is 2.33. The Morgan fingerprint density at radius 1 is 1.29 bits per heavy atom. The lowest BCUT2D eigenvalue weighted by Gasteiger charge is -2.44. The van der Waals surface area contributed by atoms with Gasteiger partial charge in [0.25, 0.3) is 0 Å². The van der Waals surface area contributed by atoms with Crippen molar-refractivity contribution in [1.82, 2.24) is 5.32 Å². The third-order valence-electron chi connectivity index (χ3n) is 3.98. The predicted molar refractivity (Wildman–Crippen MR) is 83.4 cm³/mol. The smallest absolute Gasteiger partial charge is 0.324 e. The van der Waals surface area contributed by atoms with E-state index in [4.69, 9.17) is 15.5 Å². The molecule has 21 heavy (non-hydrogen) atoms. The highest BCUT2D eigenvalue weighted by Crippen LogP contribution is 2.59. The van der Waals surface area contributed by atoms with Crippen molar-refractivity contribution in [1.29, 1.82) is 0 Å². The van der Waals surface area contributed by atoms with E-state index in [0.717, 1.165) is 6.42 Å². The van der Waals surface area contributed by atoms with E-state index in [1.807, 2.05) is 0 Å². The molecule has 8 nitrogen and oxygen atoms in total. The first-order valence-electron chi connectivity index (χ1n) is 6.72. The van der Waals surface area contributed by atoms with Crippen LogP contribution in [0.3, 0.4) is 0 Å². The molecule has 1 fully saturated rings. The molecule has 1 aliphatic rings. The fraction of sp³-hybridized carbons (Fsp3) is 1.00. The van der Waals surface area contributed by atoms with E-state index in [-0.39, 0.29) is 5.92 Å². The second kappa shape index (κ2) is 7.43. The SMILES string of the molecule is NC(CP(=O)(O)O)(C1CCNCC1CCCS)P(=O)(O)O. The summed E-state index contributed by atoms with van der Waals surface area (Å²) in [6, 6.07) is 0. The Hall–Kier alpha value is 0.570.